The Hall–Kier alpha value is -2.05. The monoisotopic (exact) mass is 387 g/mol. The van der Waals surface area contributed by atoms with E-state index in [1.165, 1.54) is 19.1 Å². The van der Waals surface area contributed by atoms with Gasteiger partial charge in [-0.05, 0) is 32.4 Å². The van der Waals surface area contributed by atoms with Crippen LogP contribution >= 0.6 is 23.2 Å². The summed E-state index contributed by atoms with van der Waals surface area (Å²) in [4.78, 5) is 27.9. The summed E-state index contributed by atoms with van der Waals surface area (Å²) in [6.45, 7) is 5.23. The number of carbonyl (C=O) groups excluding carboxylic acids is 2. The number of halogens is 2. The first kappa shape index (κ1) is 21.0. The minimum Gasteiger partial charge on any atom is -0.512 e. The number of ether oxygens (including phenoxy) is 2. The van der Waals surface area contributed by atoms with E-state index in [1.54, 1.807) is 6.92 Å². The van der Waals surface area contributed by atoms with Crippen LogP contribution in [0.5, 0.6) is 0 Å². The van der Waals surface area contributed by atoms with E-state index in [0.717, 1.165) is 6.21 Å². The lowest BCUT2D eigenvalue weighted by Crippen LogP contribution is -2.10. The zero-order chi connectivity index (χ0) is 19.0. The zero-order valence-corrected chi connectivity index (χ0v) is 15.6. The number of aliphatic imine (C=N–C) groups is 1. The molecule has 0 fully saturated rings. The van der Waals surface area contributed by atoms with Crippen LogP contribution in [0.25, 0.3) is 0 Å². The van der Waals surface area contributed by atoms with Crippen LogP contribution in [0.2, 0.25) is 10.0 Å². The summed E-state index contributed by atoms with van der Waals surface area (Å²) in [5.74, 6) is -1.61. The Morgan fingerprint density at radius 1 is 1.24 bits per heavy atom. The van der Waals surface area contributed by atoms with Gasteiger partial charge >= 0.3 is 11.9 Å². The maximum atomic E-state index is 12.0. The largest absolute Gasteiger partial charge is 0.512 e. The van der Waals surface area contributed by atoms with Gasteiger partial charge in [0.2, 0.25) is 0 Å². The molecule has 0 heterocycles. The Kier molecular flexibility index (Phi) is 8.45. The fourth-order valence-electron chi connectivity index (χ4n) is 1.73. The molecule has 0 aromatic heterocycles. The lowest BCUT2D eigenvalue weighted by Gasteiger charge is -2.08. The maximum absolute atomic E-state index is 12.0. The van der Waals surface area contributed by atoms with E-state index < -0.39 is 11.9 Å². The minimum atomic E-state index is -0.730. The smallest absolute Gasteiger partial charge is 0.343 e. The standard InChI is InChI=1S/C17H19Cl2NO5/c1-4-6-25-16(22)12-7-11(18)8-14(15(12)19)20-9-13(10(3)21)17(23)24-5-2/h7-9,21H,4-6H2,1-3H3. The van der Waals surface area contributed by atoms with Gasteiger partial charge in [0.25, 0.3) is 0 Å². The van der Waals surface area contributed by atoms with Crippen molar-refractivity contribution in [3.8, 4) is 0 Å². The average molecular weight is 388 g/mol. The number of hydrogen-bond acceptors (Lipinski definition) is 6. The Morgan fingerprint density at radius 2 is 1.92 bits per heavy atom. The van der Waals surface area contributed by atoms with E-state index in [9.17, 15) is 14.7 Å². The Morgan fingerprint density at radius 3 is 2.48 bits per heavy atom. The van der Waals surface area contributed by atoms with Crippen molar-refractivity contribution in [2.24, 2.45) is 4.99 Å². The van der Waals surface area contributed by atoms with Crippen molar-refractivity contribution >= 4 is 47.0 Å². The number of rotatable bonds is 7. The molecule has 1 rings (SSSR count). The van der Waals surface area contributed by atoms with Gasteiger partial charge in [-0.2, -0.15) is 0 Å². The molecular formula is C17H19Cl2NO5. The van der Waals surface area contributed by atoms with Crippen molar-refractivity contribution in [2.45, 2.75) is 27.2 Å². The van der Waals surface area contributed by atoms with Crippen molar-refractivity contribution in [3.63, 3.8) is 0 Å². The summed E-state index contributed by atoms with van der Waals surface area (Å²) in [5, 5.41) is 9.86. The molecular weight excluding hydrogens is 369 g/mol. The Balaban J connectivity index is 3.21. The van der Waals surface area contributed by atoms with Gasteiger partial charge in [-0.3, -0.25) is 4.99 Å². The Bertz CT molecular complexity index is 709. The number of carbonyl (C=O) groups is 2. The zero-order valence-electron chi connectivity index (χ0n) is 14.1. The molecule has 0 amide bonds. The van der Waals surface area contributed by atoms with Crippen LogP contribution < -0.4 is 0 Å². The molecule has 0 atom stereocenters. The van der Waals surface area contributed by atoms with Crippen LogP contribution in [0, 0.1) is 0 Å². The predicted octanol–water partition coefficient (Wildman–Crippen LogP) is 4.66. The molecule has 8 heteroatoms. The first-order chi connectivity index (χ1) is 11.8. The molecule has 136 valence electrons. The fourth-order valence-corrected chi connectivity index (χ4v) is 2.17. The van der Waals surface area contributed by atoms with Gasteiger partial charge in [-0.25, -0.2) is 9.59 Å². The average Bonchev–Trinajstić information content (AvgIpc) is 2.55. The van der Waals surface area contributed by atoms with E-state index in [0.29, 0.717) is 6.42 Å². The van der Waals surface area contributed by atoms with E-state index >= 15 is 0 Å². The van der Waals surface area contributed by atoms with E-state index in [1.807, 2.05) is 6.92 Å². The van der Waals surface area contributed by atoms with Gasteiger partial charge in [-0.15, -0.1) is 0 Å². The molecule has 1 aromatic carbocycles. The third-order valence-corrected chi connectivity index (χ3v) is 3.51. The molecule has 0 saturated carbocycles. The first-order valence-electron chi connectivity index (χ1n) is 7.58. The number of allylic oxidation sites excluding steroid dienone is 1. The highest BCUT2D eigenvalue weighted by Gasteiger charge is 2.17. The molecule has 1 aromatic rings. The second-order valence-electron chi connectivity index (χ2n) is 4.90. The summed E-state index contributed by atoms with van der Waals surface area (Å²) in [7, 11) is 0. The number of aliphatic hydroxyl groups excluding tert-OH is 1. The van der Waals surface area contributed by atoms with Crippen LogP contribution in [-0.4, -0.2) is 36.5 Å². The summed E-state index contributed by atoms with van der Waals surface area (Å²) < 4.78 is 9.88. The number of aliphatic hydroxyl groups is 1. The second kappa shape index (κ2) is 10.1. The van der Waals surface area contributed by atoms with Crippen LogP contribution in [0.1, 0.15) is 37.6 Å². The third-order valence-electron chi connectivity index (χ3n) is 2.89. The molecule has 6 nitrogen and oxygen atoms in total. The molecule has 0 aliphatic heterocycles. The predicted molar refractivity (Wildman–Crippen MR) is 97.1 cm³/mol. The van der Waals surface area contributed by atoms with Crippen molar-refractivity contribution in [2.75, 3.05) is 13.2 Å². The lowest BCUT2D eigenvalue weighted by molar-refractivity contribution is -0.138. The molecule has 0 unspecified atom stereocenters. The van der Waals surface area contributed by atoms with Crippen LogP contribution in [0.15, 0.2) is 28.5 Å². The number of esters is 2. The van der Waals surface area contributed by atoms with Crippen molar-refractivity contribution in [3.05, 3.63) is 39.1 Å². The van der Waals surface area contributed by atoms with Crippen LogP contribution in [0.3, 0.4) is 0 Å². The van der Waals surface area contributed by atoms with Crippen LogP contribution in [-0.2, 0) is 14.3 Å². The highest BCUT2D eigenvalue weighted by molar-refractivity contribution is 6.38. The molecule has 0 bridgehead atoms. The molecule has 0 saturated heterocycles. The van der Waals surface area contributed by atoms with Crippen molar-refractivity contribution in [1.82, 2.24) is 0 Å². The third kappa shape index (κ3) is 6.07. The number of hydrogen-bond donors (Lipinski definition) is 1. The van der Waals surface area contributed by atoms with Gasteiger partial charge in [0, 0.05) is 11.2 Å². The molecule has 0 aliphatic carbocycles. The first-order valence-corrected chi connectivity index (χ1v) is 8.34. The van der Waals surface area contributed by atoms with Gasteiger partial charge in [0.1, 0.15) is 11.3 Å². The topological polar surface area (TPSA) is 85.2 Å². The van der Waals surface area contributed by atoms with E-state index in [4.69, 9.17) is 32.7 Å². The van der Waals surface area contributed by atoms with Crippen molar-refractivity contribution < 1.29 is 24.2 Å². The maximum Gasteiger partial charge on any atom is 0.343 e. The van der Waals surface area contributed by atoms with Gasteiger partial charge < -0.3 is 14.6 Å². The summed E-state index contributed by atoms with van der Waals surface area (Å²) >= 11 is 12.2. The SMILES string of the molecule is CCCOC(=O)c1cc(Cl)cc(N=CC(C(=O)OCC)=C(C)O)c1Cl. The van der Waals surface area contributed by atoms with Gasteiger partial charge in [0.15, 0.2) is 0 Å². The van der Waals surface area contributed by atoms with E-state index in [2.05, 4.69) is 4.99 Å². The second-order valence-corrected chi connectivity index (χ2v) is 5.71. The molecule has 25 heavy (non-hydrogen) atoms. The quantitative estimate of drug-likeness (QED) is 0.318. The number of benzene rings is 1. The normalized spacial score (nSPS) is 12.0. The summed E-state index contributed by atoms with van der Waals surface area (Å²) in [6, 6.07) is 2.80. The molecule has 0 spiro atoms. The fraction of sp³-hybridized carbons (Fsp3) is 0.353. The van der Waals surface area contributed by atoms with Crippen LogP contribution in [0.4, 0.5) is 5.69 Å². The Labute approximate surface area is 156 Å². The van der Waals surface area contributed by atoms with Gasteiger partial charge in [-0.1, -0.05) is 30.1 Å². The molecule has 0 aliphatic rings. The minimum absolute atomic E-state index is 0.0283. The lowest BCUT2D eigenvalue weighted by atomic mass is 10.2. The van der Waals surface area contributed by atoms with Gasteiger partial charge in [0.05, 0.1) is 29.5 Å². The summed E-state index contributed by atoms with van der Waals surface area (Å²) in [6.07, 6.45) is 1.77. The van der Waals surface area contributed by atoms with E-state index in [-0.39, 0.29) is 45.8 Å². The summed E-state index contributed by atoms with van der Waals surface area (Å²) in [5.41, 5.74) is 0.0887. The van der Waals surface area contributed by atoms with Crippen molar-refractivity contribution in [1.29, 1.82) is 0 Å². The molecule has 0 radical (unpaired) electrons. The number of nitrogens with zero attached hydrogens (tertiary/aromatic N) is 1. The molecule has 1 N–H and O–H groups in total. The highest BCUT2D eigenvalue weighted by atomic mass is 35.5. The highest BCUT2D eigenvalue weighted by Crippen LogP contribution is 2.33.